The smallest absolute Gasteiger partial charge is 2.00 e. The fraction of sp³-hybridized carbons (Fsp3) is 0. The monoisotopic (exact) mass is 522 g/mol. The normalized spacial score (nSPS) is 9.67. The Balaban J connectivity index is -0.0000000277. The van der Waals surface area contributed by atoms with Crippen molar-refractivity contribution in [3.8, 4) is 0 Å². The van der Waals surface area contributed by atoms with E-state index in [0.717, 1.165) is 0 Å². The summed E-state index contributed by atoms with van der Waals surface area (Å²) in [6, 6.07) is 0. The van der Waals surface area contributed by atoms with E-state index in [4.69, 9.17) is 50.6 Å². The molecule has 0 aromatic rings. The largest absolute Gasteiger partial charge is 2.00 e. The summed E-state index contributed by atoms with van der Waals surface area (Å²) in [5.74, 6) is 0. The maximum absolute atomic E-state index is 8.58. The third kappa shape index (κ3) is 1730. The quantitative estimate of drug-likeness (QED) is 0.267. The van der Waals surface area contributed by atoms with Crippen molar-refractivity contribution in [3.63, 3.8) is 0 Å². The minimum absolute atomic E-state index is 0. The summed E-state index contributed by atoms with van der Waals surface area (Å²) in [5, 5.41) is 0. The van der Waals surface area contributed by atoms with Crippen LogP contribution in [0.25, 0.3) is 0 Å². The molecule has 0 aliphatic carbocycles. The predicted octanol–water partition coefficient (Wildman–Crippen LogP) is -8.24. The number of rotatable bonds is 0. The molecule has 0 N–H and O–H groups in total. The molecule has 18 heteroatoms. The van der Waals surface area contributed by atoms with E-state index in [0.29, 0.717) is 0 Å². The van der Waals surface area contributed by atoms with Crippen LogP contribution < -0.4 is 27.6 Å². The van der Waals surface area contributed by atoms with E-state index in [2.05, 4.69) is 0 Å². The van der Waals surface area contributed by atoms with Crippen molar-refractivity contribution in [3.05, 3.63) is 0 Å². The van der Waals surface area contributed by atoms with Crippen LogP contribution in [0.4, 0.5) is 0 Å². The molecular formula is Mn2O12SiZn3. The van der Waals surface area contributed by atoms with Gasteiger partial charge in [0.05, 0.1) is 0 Å². The minimum atomic E-state index is -5.62. The second kappa shape index (κ2) is 15.1. The van der Waals surface area contributed by atoms with Gasteiger partial charge >= 0.3 is 116 Å². The topological polar surface area (TPSA) is 241 Å². The predicted molar refractivity (Wildman–Crippen MR) is 9.87 cm³/mol. The third-order valence-electron chi connectivity index (χ3n) is 0. The van der Waals surface area contributed by atoms with Gasteiger partial charge in [-0.05, 0) is 0 Å². The first kappa shape index (κ1) is 36.7. The van der Waals surface area contributed by atoms with E-state index in [1.54, 1.807) is 0 Å². The van der Waals surface area contributed by atoms with Crippen molar-refractivity contribution in [2.75, 3.05) is 0 Å². The fourth-order valence-corrected chi connectivity index (χ4v) is 0. The Morgan fingerprint density at radius 3 is 0.556 bits per heavy atom. The van der Waals surface area contributed by atoms with E-state index < -0.39 is 35.0 Å². The van der Waals surface area contributed by atoms with E-state index in [9.17, 15) is 0 Å². The molecule has 0 heterocycles. The van der Waals surface area contributed by atoms with Gasteiger partial charge in [-0.3, -0.25) is 0 Å². The Bertz CT molecular complexity index is 377. The summed E-state index contributed by atoms with van der Waals surface area (Å²) in [5.41, 5.74) is 0. The number of hydrogen-bond acceptors (Lipinski definition) is 12. The molecule has 18 heavy (non-hydrogen) atoms. The molecule has 0 amide bonds. The Morgan fingerprint density at radius 2 is 0.556 bits per heavy atom. The van der Waals surface area contributed by atoms with Crippen LogP contribution in [0.15, 0.2) is 0 Å². The van der Waals surface area contributed by atoms with Gasteiger partial charge in [0.25, 0.3) is 0 Å². The molecule has 12 nitrogen and oxygen atoms in total. The van der Waals surface area contributed by atoms with E-state index in [-0.39, 0.29) is 58.4 Å². The van der Waals surface area contributed by atoms with Gasteiger partial charge in [0.1, 0.15) is 0 Å². The Hall–Kier alpha value is 1.69. The van der Waals surface area contributed by atoms with Crippen LogP contribution in [0.5, 0.6) is 0 Å². The Morgan fingerprint density at radius 1 is 0.556 bits per heavy atom. The molecule has 0 aliphatic rings. The summed E-state index contributed by atoms with van der Waals surface area (Å²) >= 11 is -11.2. The average molecular weight is 526 g/mol. The molecule has 0 atom stereocenters. The van der Waals surface area contributed by atoms with Gasteiger partial charge < -0.3 is 28.2 Å². The SMILES string of the molecule is [O-][Si]([O-])([O-])[O-].[O]=[Mn](=[O])(=[O])[O-].[O]=[Mn](=[O])(=[O])[O-].[Zn+2].[Zn+2].[Zn+2]. The maximum Gasteiger partial charge on any atom is 2.00 e. The first-order valence-electron chi connectivity index (χ1n) is 2.05. The van der Waals surface area contributed by atoms with Gasteiger partial charge in [0.15, 0.2) is 0 Å². The summed E-state index contributed by atoms with van der Waals surface area (Å²) in [6.07, 6.45) is 0. The molecule has 0 unspecified atom stereocenters. The van der Waals surface area contributed by atoms with Crippen LogP contribution >= 0.6 is 0 Å². The van der Waals surface area contributed by atoms with Crippen molar-refractivity contribution >= 4 is 9.05 Å². The van der Waals surface area contributed by atoms with Gasteiger partial charge in [-0.25, -0.2) is 0 Å². The van der Waals surface area contributed by atoms with Crippen molar-refractivity contribution < 1.29 is 135 Å². The summed E-state index contributed by atoms with van der Waals surface area (Å²) < 4.78 is 68.6. The maximum atomic E-state index is 8.58. The molecule has 0 rings (SSSR count). The minimum Gasteiger partial charge on any atom is 2.00 e. The zero-order valence-corrected chi connectivity index (χ0v) is 20.5. The molecule has 0 aromatic carbocycles. The van der Waals surface area contributed by atoms with Gasteiger partial charge in [0, 0.05) is 0 Å². The second-order valence-electron chi connectivity index (χ2n) is 1.26. The van der Waals surface area contributed by atoms with Crippen molar-refractivity contribution in [1.82, 2.24) is 0 Å². The van der Waals surface area contributed by atoms with E-state index >= 15 is 0 Å². The van der Waals surface area contributed by atoms with Crippen LogP contribution in [0.3, 0.4) is 0 Å². The molecule has 0 radical (unpaired) electrons. The fourth-order valence-electron chi connectivity index (χ4n) is 0. The molecule has 0 bridgehead atoms. The Kier molecular flexibility index (Phi) is 30.7. The van der Waals surface area contributed by atoms with Gasteiger partial charge in [0.2, 0.25) is 0 Å². The molecule has 0 fully saturated rings. The molecular weight excluding hydrogens is 526 g/mol. The van der Waals surface area contributed by atoms with Crippen molar-refractivity contribution in [2.24, 2.45) is 0 Å². The second-order valence-corrected chi connectivity index (χ2v) is 4.62. The van der Waals surface area contributed by atoms with E-state index in [1.807, 2.05) is 0 Å². The first-order chi connectivity index (χ1) is 6.00. The van der Waals surface area contributed by atoms with Crippen LogP contribution in [-0.2, 0) is 107 Å². The third-order valence-corrected chi connectivity index (χ3v) is 0. The molecule has 0 aliphatic heterocycles. The molecule has 0 spiro atoms. The summed E-state index contributed by atoms with van der Waals surface area (Å²) in [6.45, 7) is 0. The zero-order chi connectivity index (χ0) is 13.5. The molecule has 0 aromatic heterocycles. The Labute approximate surface area is 142 Å². The summed E-state index contributed by atoms with van der Waals surface area (Å²) in [7, 11) is -5.61. The number of hydrogen-bond donors (Lipinski definition) is 0. The molecule has 96 valence electrons. The zero-order valence-electron chi connectivity index (χ0n) is 8.28. The average Bonchev–Trinajstić information content (AvgIpc) is 1.41. The molecule has 0 saturated heterocycles. The van der Waals surface area contributed by atoms with Gasteiger partial charge in [-0.1, -0.05) is 0 Å². The van der Waals surface area contributed by atoms with Crippen LogP contribution in [-0.4, -0.2) is 9.05 Å². The van der Waals surface area contributed by atoms with Gasteiger partial charge in [-0.2, -0.15) is 0 Å². The van der Waals surface area contributed by atoms with Crippen LogP contribution in [0.2, 0.25) is 0 Å². The van der Waals surface area contributed by atoms with Gasteiger partial charge in [-0.15, -0.1) is 0 Å². The van der Waals surface area contributed by atoms with Crippen molar-refractivity contribution in [2.45, 2.75) is 0 Å². The summed E-state index contributed by atoms with van der Waals surface area (Å²) in [4.78, 5) is 34.3. The van der Waals surface area contributed by atoms with Crippen LogP contribution in [0, 0.1) is 0 Å². The molecule has 0 saturated carbocycles. The van der Waals surface area contributed by atoms with Crippen LogP contribution in [0.1, 0.15) is 0 Å². The standard InChI is InChI=1S/2Mn.O4Si.8O.3Zn/c;;1-5(2,3)4;;;;;;;;;;;/q;;-4;;;;;;;2*-1;3*+2. The van der Waals surface area contributed by atoms with E-state index in [1.165, 1.54) is 0 Å². The first-order valence-corrected chi connectivity index (χ1v) is 7.54. The van der Waals surface area contributed by atoms with Crippen molar-refractivity contribution in [1.29, 1.82) is 0 Å².